The van der Waals surface area contributed by atoms with Gasteiger partial charge in [-0.3, -0.25) is 4.79 Å². The Kier molecular flexibility index (Phi) is 4.58. The van der Waals surface area contributed by atoms with Gasteiger partial charge < -0.3 is 11.1 Å². The highest BCUT2D eigenvalue weighted by atomic mass is 79.9. The summed E-state index contributed by atoms with van der Waals surface area (Å²) in [6.07, 6.45) is 0. The highest BCUT2D eigenvalue weighted by Gasteiger charge is 2.16. The van der Waals surface area contributed by atoms with E-state index in [2.05, 4.69) is 21.2 Å². The second-order valence-corrected chi connectivity index (χ2v) is 5.91. The summed E-state index contributed by atoms with van der Waals surface area (Å²) >= 11 is 15.4. The Hall–Kier alpha value is -1.23. The summed E-state index contributed by atoms with van der Waals surface area (Å²) in [5.74, 6) is -0.385. The third-order valence-electron chi connectivity index (χ3n) is 2.79. The monoisotopic (exact) mass is 372 g/mol. The van der Waals surface area contributed by atoms with Crippen molar-refractivity contribution in [1.82, 2.24) is 0 Å². The van der Waals surface area contributed by atoms with Crippen LogP contribution in [0.15, 0.2) is 34.8 Å². The van der Waals surface area contributed by atoms with E-state index in [1.54, 1.807) is 24.3 Å². The number of benzene rings is 2. The Morgan fingerprint density at radius 1 is 1.25 bits per heavy atom. The molecular formula is C14H11BrCl2N2O. The zero-order chi connectivity index (χ0) is 14.9. The lowest BCUT2D eigenvalue weighted by Gasteiger charge is -2.11. The van der Waals surface area contributed by atoms with Gasteiger partial charge in [-0.15, -0.1) is 0 Å². The summed E-state index contributed by atoms with van der Waals surface area (Å²) in [6, 6.07) is 8.42. The quantitative estimate of drug-likeness (QED) is 0.735. The van der Waals surface area contributed by atoms with Crippen LogP contribution < -0.4 is 11.1 Å². The number of carbonyl (C=O) groups is 1. The van der Waals surface area contributed by atoms with Gasteiger partial charge in [0, 0.05) is 10.2 Å². The van der Waals surface area contributed by atoms with Gasteiger partial charge in [0.2, 0.25) is 0 Å². The molecule has 0 unspecified atom stereocenters. The van der Waals surface area contributed by atoms with Crippen molar-refractivity contribution in [3.8, 4) is 0 Å². The first-order valence-corrected chi connectivity index (χ1v) is 7.26. The molecule has 0 spiro atoms. The molecule has 0 saturated heterocycles. The van der Waals surface area contributed by atoms with Crippen LogP contribution >= 0.6 is 39.1 Å². The van der Waals surface area contributed by atoms with Gasteiger partial charge in [0.25, 0.3) is 5.91 Å². The fraction of sp³-hybridized carbons (Fsp3) is 0.0714. The lowest BCUT2D eigenvalue weighted by molar-refractivity contribution is 0.102. The second-order valence-electron chi connectivity index (χ2n) is 4.24. The number of hydrogen-bond donors (Lipinski definition) is 2. The zero-order valence-corrected chi connectivity index (χ0v) is 13.6. The van der Waals surface area contributed by atoms with Crippen LogP contribution in [0.3, 0.4) is 0 Å². The number of amides is 1. The number of nitrogen functional groups attached to an aromatic ring is 1. The molecule has 0 aliphatic carbocycles. The van der Waals surface area contributed by atoms with E-state index in [1.165, 1.54) is 0 Å². The molecule has 0 radical (unpaired) electrons. The van der Waals surface area contributed by atoms with E-state index < -0.39 is 0 Å². The Balaban J connectivity index is 2.35. The van der Waals surface area contributed by atoms with Gasteiger partial charge in [-0.1, -0.05) is 29.3 Å². The highest BCUT2D eigenvalue weighted by Crippen LogP contribution is 2.30. The lowest BCUT2D eigenvalue weighted by atomic mass is 10.1. The average molecular weight is 374 g/mol. The third kappa shape index (κ3) is 3.08. The maximum atomic E-state index is 12.3. The van der Waals surface area contributed by atoms with Crippen molar-refractivity contribution in [3.05, 3.63) is 56.0 Å². The molecule has 2 aromatic rings. The molecule has 0 aliphatic rings. The zero-order valence-electron chi connectivity index (χ0n) is 10.5. The van der Waals surface area contributed by atoms with Crippen molar-refractivity contribution in [2.24, 2.45) is 0 Å². The Labute approximate surface area is 135 Å². The second kappa shape index (κ2) is 6.04. The molecule has 0 saturated carbocycles. The predicted molar refractivity (Wildman–Crippen MR) is 87.7 cm³/mol. The molecule has 2 rings (SSSR count). The number of rotatable bonds is 2. The first-order valence-electron chi connectivity index (χ1n) is 5.71. The van der Waals surface area contributed by atoms with Gasteiger partial charge in [-0.05, 0) is 52.7 Å². The van der Waals surface area contributed by atoms with Gasteiger partial charge in [0.15, 0.2) is 0 Å². The molecule has 6 heteroatoms. The van der Waals surface area contributed by atoms with Crippen LogP contribution in [-0.4, -0.2) is 5.91 Å². The van der Waals surface area contributed by atoms with E-state index >= 15 is 0 Å². The third-order valence-corrected chi connectivity index (χ3v) is 4.08. The molecule has 0 aliphatic heterocycles. The average Bonchev–Trinajstić information content (AvgIpc) is 2.35. The molecule has 2 aromatic carbocycles. The molecule has 3 nitrogen and oxygen atoms in total. The maximum absolute atomic E-state index is 12.3. The Bertz CT molecular complexity index is 669. The Morgan fingerprint density at radius 3 is 2.45 bits per heavy atom. The summed E-state index contributed by atoms with van der Waals surface area (Å²) in [4.78, 5) is 12.3. The van der Waals surface area contributed by atoms with E-state index in [0.29, 0.717) is 21.4 Å². The minimum absolute atomic E-state index is 0.238. The van der Waals surface area contributed by atoms with E-state index in [4.69, 9.17) is 28.9 Å². The molecule has 1 amide bonds. The van der Waals surface area contributed by atoms with Crippen LogP contribution in [0.25, 0.3) is 0 Å². The first-order chi connectivity index (χ1) is 9.40. The number of nitrogens with one attached hydrogen (secondary N) is 1. The summed E-state index contributed by atoms with van der Waals surface area (Å²) in [7, 11) is 0. The SMILES string of the molecule is Cc1cc(Br)c(NC(=O)c2c(Cl)cccc2Cl)cc1N. The normalized spacial score (nSPS) is 10.4. The topological polar surface area (TPSA) is 55.1 Å². The van der Waals surface area contributed by atoms with Crippen molar-refractivity contribution >= 4 is 56.4 Å². The molecule has 3 N–H and O–H groups in total. The fourth-order valence-electron chi connectivity index (χ4n) is 1.68. The minimum Gasteiger partial charge on any atom is -0.398 e. The number of anilines is 2. The minimum atomic E-state index is -0.385. The smallest absolute Gasteiger partial charge is 0.258 e. The number of hydrogen-bond acceptors (Lipinski definition) is 2. The molecule has 0 bridgehead atoms. The van der Waals surface area contributed by atoms with Crippen LogP contribution in [0.2, 0.25) is 10.0 Å². The van der Waals surface area contributed by atoms with E-state index in [-0.39, 0.29) is 11.5 Å². The van der Waals surface area contributed by atoms with Gasteiger partial charge in [0.05, 0.1) is 21.3 Å². The van der Waals surface area contributed by atoms with Gasteiger partial charge in [-0.2, -0.15) is 0 Å². The van der Waals surface area contributed by atoms with E-state index in [1.807, 2.05) is 13.0 Å². The summed E-state index contributed by atoms with van der Waals surface area (Å²) in [5.41, 5.74) is 8.15. The highest BCUT2D eigenvalue weighted by molar-refractivity contribution is 9.10. The Morgan fingerprint density at radius 2 is 1.85 bits per heavy atom. The molecule has 0 fully saturated rings. The largest absolute Gasteiger partial charge is 0.398 e. The number of halogens is 3. The number of carbonyl (C=O) groups excluding carboxylic acids is 1. The molecule has 0 atom stereocenters. The van der Waals surface area contributed by atoms with Gasteiger partial charge in [-0.25, -0.2) is 0 Å². The van der Waals surface area contributed by atoms with Crippen LogP contribution in [0.4, 0.5) is 11.4 Å². The molecule has 0 heterocycles. The van der Waals surface area contributed by atoms with Crippen molar-refractivity contribution in [2.45, 2.75) is 6.92 Å². The molecule has 0 aromatic heterocycles. The van der Waals surface area contributed by atoms with E-state index in [9.17, 15) is 4.79 Å². The van der Waals surface area contributed by atoms with Gasteiger partial charge in [0.1, 0.15) is 0 Å². The number of nitrogens with two attached hydrogens (primary N) is 1. The molecule has 104 valence electrons. The number of aryl methyl sites for hydroxylation is 1. The van der Waals surface area contributed by atoms with Crippen LogP contribution in [0.1, 0.15) is 15.9 Å². The van der Waals surface area contributed by atoms with Crippen LogP contribution in [0, 0.1) is 6.92 Å². The van der Waals surface area contributed by atoms with Crippen molar-refractivity contribution in [3.63, 3.8) is 0 Å². The van der Waals surface area contributed by atoms with Crippen molar-refractivity contribution in [1.29, 1.82) is 0 Å². The summed E-state index contributed by atoms with van der Waals surface area (Å²) in [6.45, 7) is 1.89. The first kappa shape index (κ1) is 15.2. The standard InChI is InChI=1S/C14H11BrCl2N2O/c1-7-5-8(15)12(6-11(7)18)19-14(20)13-9(16)3-2-4-10(13)17/h2-6H,18H2,1H3,(H,19,20). The van der Waals surface area contributed by atoms with Crippen molar-refractivity contribution < 1.29 is 4.79 Å². The molecule has 20 heavy (non-hydrogen) atoms. The van der Waals surface area contributed by atoms with Crippen LogP contribution in [-0.2, 0) is 0 Å². The molecular weight excluding hydrogens is 363 g/mol. The maximum Gasteiger partial charge on any atom is 0.258 e. The summed E-state index contributed by atoms with van der Waals surface area (Å²) < 4.78 is 0.737. The summed E-state index contributed by atoms with van der Waals surface area (Å²) in [5, 5.41) is 3.34. The van der Waals surface area contributed by atoms with Crippen LogP contribution in [0.5, 0.6) is 0 Å². The van der Waals surface area contributed by atoms with Crippen molar-refractivity contribution in [2.75, 3.05) is 11.1 Å². The predicted octanol–water partition coefficient (Wildman–Crippen LogP) is 4.90. The van der Waals surface area contributed by atoms with E-state index in [0.717, 1.165) is 10.0 Å². The fourth-order valence-corrected chi connectivity index (χ4v) is 2.81. The van der Waals surface area contributed by atoms with Gasteiger partial charge >= 0.3 is 0 Å². The lowest BCUT2D eigenvalue weighted by Crippen LogP contribution is -2.14.